The molecule has 2 aromatic rings. The molecule has 0 atom stereocenters. The van der Waals surface area contributed by atoms with E-state index in [9.17, 15) is 4.79 Å². The van der Waals surface area contributed by atoms with Crippen LogP contribution >= 0.6 is 0 Å². The molecule has 1 fully saturated rings. The second-order valence-electron chi connectivity index (χ2n) is 5.88. The van der Waals surface area contributed by atoms with Crippen LogP contribution in [0.4, 0.5) is 5.69 Å². The lowest BCUT2D eigenvalue weighted by molar-refractivity contribution is -0.122. The van der Waals surface area contributed by atoms with Crippen LogP contribution in [0.3, 0.4) is 0 Å². The van der Waals surface area contributed by atoms with E-state index >= 15 is 0 Å². The van der Waals surface area contributed by atoms with E-state index in [4.69, 9.17) is 5.73 Å². The third-order valence-corrected chi connectivity index (χ3v) is 4.20. The van der Waals surface area contributed by atoms with Gasteiger partial charge in [-0.2, -0.15) is 0 Å². The van der Waals surface area contributed by atoms with E-state index in [1.807, 2.05) is 24.3 Å². The molecule has 1 aliphatic rings. The molecule has 0 radical (unpaired) electrons. The van der Waals surface area contributed by atoms with Gasteiger partial charge in [0.25, 0.3) is 0 Å². The molecule has 1 aliphatic carbocycles. The number of nitrogens with zero attached hydrogens (tertiary/aromatic N) is 4. The highest BCUT2D eigenvalue weighted by Crippen LogP contribution is 2.28. The molecule has 0 aliphatic heterocycles. The van der Waals surface area contributed by atoms with Gasteiger partial charge in [0.1, 0.15) is 0 Å². The Labute approximate surface area is 128 Å². The summed E-state index contributed by atoms with van der Waals surface area (Å²) in [6.07, 6.45) is 4.65. The van der Waals surface area contributed by atoms with Crippen molar-refractivity contribution in [1.82, 2.24) is 20.2 Å². The van der Waals surface area contributed by atoms with Gasteiger partial charge in [-0.25, -0.2) is 4.68 Å². The first-order valence-electron chi connectivity index (χ1n) is 7.52. The van der Waals surface area contributed by atoms with Crippen LogP contribution in [0.25, 0.3) is 11.4 Å². The minimum atomic E-state index is -0.749. The molecule has 0 bridgehead atoms. The van der Waals surface area contributed by atoms with Crippen molar-refractivity contribution in [3.8, 4) is 11.4 Å². The Morgan fingerprint density at radius 2 is 2.09 bits per heavy atom. The molecule has 3 rings (SSSR count). The number of hydrogen-bond acceptors (Lipinski definition) is 5. The number of hydrogen-bond donors (Lipinski definition) is 2. The number of carbonyl (C=O) groups excluding carboxylic acids is 1. The van der Waals surface area contributed by atoms with Crippen LogP contribution in [0, 0.1) is 0 Å². The molecule has 1 aromatic heterocycles. The Bertz CT molecular complexity index is 674. The number of aryl methyl sites for hydroxylation is 1. The second-order valence-corrected chi connectivity index (χ2v) is 5.88. The Kier molecular flexibility index (Phi) is 3.89. The standard InChI is InChI=1S/C15H20N6O/c1-21-13(18-19-20-21)11-6-5-7-12(10-11)17-14(22)15(16)8-3-2-4-9-15/h5-7,10H,2-4,8-9,16H2,1H3,(H,17,22). The van der Waals surface area contributed by atoms with E-state index in [2.05, 4.69) is 20.8 Å². The quantitative estimate of drug-likeness (QED) is 0.894. The van der Waals surface area contributed by atoms with Gasteiger partial charge in [-0.15, -0.1) is 5.10 Å². The van der Waals surface area contributed by atoms with Gasteiger partial charge in [0.05, 0.1) is 5.54 Å². The number of rotatable bonds is 3. The maximum absolute atomic E-state index is 12.5. The first kappa shape index (κ1) is 14.6. The highest BCUT2D eigenvalue weighted by molar-refractivity contribution is 5.98. The summed E-state index contributed by atoms with van der Waals surface area (Å²) in [5.41, 5.74) is 7.07. The molecule has 116 valence electrons. The molecule has 1 heterocycles. The normalized spacial score (nSPS) is 17.2. The minimum absolute atomic E-state index is 0.111. The molecule has 7 nitrogen and oxygen atoms in total. The number of amides is 1. The molecule has 0 unspecified atom stereocenters. The third kappa shape index (κ3) is 2.85. The van der Waals surface area contributed by atoms with Crippen LogP contribution in [0.5, 0.6) is 0 Å². The molecule has 22 heavy (non-hydrogen) atoms. The third-order valence-electron chi connectivity index (χ3n) is 4.20. The van der Waals surface area contributed by atoms with Gasteiger partial charge in [0.15, 0.2) is 5.82 Å². The number of nitrogens with two attached hydrogens (primary N) is 1. The fourth-order valence-electron chi connectivity index (χ4n) is 2.88. The minimum Gasteiger partial charge on any atom is -0.324 e. The molecule has 3 N–H and O–H groups in total. The predicted octanol–water partition coefficient (Wildman–Crippen LogP) is 1.48. The van der Waals surface area contributed by atoms with E-state index in [-0.39, 0.29) is 5.91 Å². The summed E-state index contributed by atoms with van der Waals surface area (Å²) in [6, 6.07) is 7.47. The van der Waals surface area contributed by atoms with Gasteiger partial charge in [-0.1, -0.05) is 31.4 Å². The highest BCUT2D eigenvalue weighted by Gasteiger charge is 2.35. The Morgan fingerprint density at radius 3 is 2.77 bits per heavy atom. The average Bonchev–Trinajstić information content (AvgIpc) is 2.94. The van der Waals surface area contributed by atoms with E-state index in [1.165, 1.54) is 0 Å². The van der Waals surface area contributed by atoms with E-state index < -0.39 is 5.54 Å². The fraction of sp³-hybridized carbons (Fsp3) is 0.467. The van der Waals surface area contributed by atoms with Crippen LogP contribution in [-0.2, 0) is 11.8 Å². The number of carbonyl (C=O) groups is 1. The second kappa shape index (κ2) is 5.84. The van der Waals surface area contributed by atoms with Crippen LogP contribution in [-0.4, -0.2) is 31.7 Å². The summed E-state index contributed by atoms with van der Waals surface area (Å²) in [5, 5.41) is 14.4. The highest BCUT2D eigenvalue weighted by atomic mass is 16.2. The zero-order valence-electron chi connectivity index (χ0n) is 12.6. The first-order valence-corrected chi connectivity index (χ1v) is 7.52. The van der Waals surface area contributed by atoms with Gasteiger partial charge < -0.3 is 11.1 Å². The molecule has 1 amide bonds. The van der Waals surface area contributed by atoms with Crippen LogP contribution in [0.1, 0.15) is 32.1 Å². The maximum Gasteiger partial charge on any atom is 0.244 e. The number of anilines is 1. The van der Waals surface area contributed by atoms with Crippen LogP contribution < -0.4 is 11.1 Å². The summed E-state index contributed by atoms with van der Waals surface area (Å²) < 4.78 is 1.59. The van der Waals surface area contributed by atoms with Gasteiger partial charge >= 0.3 is 0 Å². The van der Waals surface area contributed by atoms with Gasteiger partial charge in [-0.05, 0) is 35.4 Å². The average molecular weight is 300 g/mol. The monoisotopic (exact) mass is 300 g/mol. The molecule has 1 aromatic carbocycles. The van der Waals surface area contributed by atoms with E-state index in [0.29, 0.717) is 11.5 Å². The Balaban J connectivity index is 1.78. The SMILES string of the molecule is Cn1nnnc1-c1cccc(NC(=O)C2(N)CCCCC2)c1. The van der Waals surface area contributed by atoms with Crippen molar-refractivity contribution in [1.29, 1.82) is 0 Å². The zero-order chi connectivity index (χ0) is 15.6. The van der Waals surface area contributed by atoms with Crippen molar-refractivity contribution < 1.29 is 4.79 Å². The smallest absolute Gasteiger partial charge is 0.244 e. The lowest BCUT2D eigenvalue weighted by atomic mass is 9.82. The van der Waals surface area contributed by atoms with E-state index in [0.717, 1.165) is 37.7 Å². The molecular formula is C15H20N6O. The Hall–Kier alpha value is -2.28. The predicted molar refractivity (Wildman–Crippen MR) is 82.9 cm³/mol. The van der Waals surface area contributed by atoms with E-state index in [1.54, 1.807) is 11.7 Å². The lowest BCUT2D eigenvalue weighted by Gasteiger charge is -2.31. The molecule has 1 saturated carbocycles. The topological polar surface area (TPSA) is 98.7 Å². The van der Waals surface area contributed by atoms with Crippen molar-refractivity contribution in [3.63, 3.8) is 0 Å². The first-order chi connectivity index (χ1) is 10.6. The largest absolute Gasteiger partial charge is 0.324 e. The number of benzene rings is 1. The van der Waals surface area contributed by atoms with Crippen LogP contribution in [0.15, 0.2) is 24.3 Å². The molecule has 7 heteroatoms. The van der Waals surface area contributed by atoms with Gasteiger partial charge in [0, 0.05) is 18.3 Å². The zero-order valence-corrected chi connectivity index (χ0v) is 12.6. The molecule has 0 saturated heterocycles. The summed E-state index contributed by atoms with van der Waals surface area (Å²) in [5.74, 6) is 0.539. The van der Waals surface area contributed by atoms with Crippen LogP contribution in [0.2, 0.25) is 0 Å². The van der Waals surface area contributed by atoms with Crippen molar-refractivity contribution >= 4 is 11.6 Å². The van der Waals surface area contributed by atoms with Gasteiger partial charge in [0.2, 0.25) is 5.91 Å². The van der Waals surface area contributed by atoms with Gasteiger partial charge in [-0.3, -0.25) is 4.79 Å². The molecule has 0 spiro atoms. The number of tetrazole rings is 1. The maximum atomic E-state index is 12.5. The van der Waals surface area contributed by atoms with Crippen molar-refractivity contribution in [2.24, 2.45) is 12.8 Å². The fourth-order valence-corrected chi connectivity index (χ4v) is 2.88. The van der Waals surface area contributed by atoms with Crippen molar-refractivity contribution in [2.75, 3.05) is 5.32 Å². The summed E-state index contributed by atoms with van der Waals surface area (Å²) in [4.78, 5) is 12.5. The van der Waals surface area contributed by atoms with Crippen molar-refractivity contribution in [3.05, 3.63) is 24.3 Å². The van der Waals surface area contributed by atoms with Crippen molar-refractivity contribution in [2.45, 2.75) is 37.6 Å². The number of nitrogens with one attached hydrogen (secondary N) is 1. The molecular weight excluding hydrogens is 280 g/mol. The Morgan fingerprint density at radius 1 is 1.32 bits per heavy atom. The summed E-state index contributed by atoms with van der Waals surface area (Å²) >= 11 is 0. The lowest BCUT2D eigenvalue weighted by Crippen LogP contribution is -2.52. The number of aromatic nitrogens is 4. The summed E-state index contributed by atoms with van der Waals surface area (Å²) in [7, 11) is 1.78. The summed E-state index contributed by atoms with van der Waals surface area (Å²) in [6.45, 7) is 0.